The number of carboxylic acids is 1. The van der Waals surface area contributed by atoms with E-state index in [4.69, 9.17) is 9.84 Å². The summed E-state index contributed by atoms with van der Waals surface area (Å²) in [6.45, 7) is 2.49. The summed E-state index contributed by atoms with van der Waals surface area (Å²) in [7, 11) is 0. The fraction of sp³-hybridized carbons (Fsp3) is 0.350. The van der Waals surface area contributed by atoms with Gasteiger partial charge in [-0.1, -0.05) is 48.5 Å². The maximum Gasteiger partial charge on any atom is 0.304 e. The lowest BCUT2D eigenvalue weighted by Gasteiger charge is -2.17. The Morgan fingerprint density at radius 3 is 2.64 bits per heavy atom. The van der Waals surface area contributed by atoms with Gasteiger partial charge in [0.1, 0.15) is 12.4 Å². The summed E-state index contributed by atoms with van der Waals surface area (Å²) in [4.78, 5) is 10.5. The molecule has 0 aliphatic rings. The first kappa shape index (κ1) is 19.3. The van der Waals surface area contributed by atoms with Crippen LogP contribution in [0.25, 0.3) is 0 Å². The number of hydrogen-bond acceptors (Lipinski definition) is 4. The Kier molecular flexibility index (Phi) is 7.82. The number of ether oxygens (including phenoxy) is 1. The molecule has 0 spiro atoms. The fourth-order valence-corrected chi connectivity index (χ4v) is 3.38. The van der Waals surface area contributed by atoms with Crippen molar-refractivity contribution in [3.05, 3.63) is 65.2 Å². The highest BCUT2D eigenvalue weighted by atomic mass is 32.2. The average molecular weight is 360 g/mol. The molecule has 0 saturated carbocycles. The van der Waals surface area contributed by atoms with Gasteiger partial charge in [0.15, 0.2) is 0 Å². The summed E-state index contributed by atoms with van der Waals surface area (Å²) >= 11 is 1.46. The van der Waals surface area contributed by atoms with Gasteiger partial charge in [-0.3, -0.25) is 4.79 Å². The van der Waals surface area contributed by atoms with Gasteiger partial charge in [-0.25, -0.2) is 0 Å². The van der Waals surface area contributed by atoms with E-state index in [1.54, 1.807) is 0 Å². The lowest BCUT2D eigenvalue weighted by atomic mass is 10.0. The van der Waals surface area contributed by atoms with Crippen molar-refractivity contribution in [1.82, 2.24) is 0 Å². The molecule has 0 aliphatic carbocycles. The molecule has 0 aromatic heterocycles. The molecular weight excluding hydrogens is 336 g/mol. The van der Waals surface area contributed by atoms with Crippen molar-refractivity contribution >= 4 is 17.7 Å². The van der Waals surface area contributed by atoms with Gasteiger partial charge in [-0.15, -0.1) is 0 Å². The number of thioether (sulfide) groups is 1. The van der Waals surface area contributed by atoms with Gasteiger partial charge in [0.05, 0.1) is 12.5 Å². The third kappa shape index (κ3) is 6.80. The molecule has 0 amide bonds. The Balaban J connectivity index is 1.93. The van der Waals surface area contributed by atoms with Gasteiger partial charge >= 0.3 is 5.97 Å². The molecule has 4 nitrogen and oxygen atoms in total. The summed E-state index contributed by atoms with van der Waals surface area (Å²) in [6.07, 6.45) is 0.0822. The number of hydrogen-bond donors (Lipinski definition) is 2. The van der Waals surface area contributed by atoms with Gasteiger partial charge < -0.3 is 14.9 Å². The van der Waals surface area contributed by atoms with Crippen molar-refractivity contribution in [3.8, 4) is 5.75 Å². The standard InChI is InChI=1S/C20H24O4S/c1-15-6-5-9-17(12-18(21)14-25-11-10-19(22)23)20(15)24-13-16-7-3-2-4-8-16/h2-9,18,21H,10-14H2,1H3,(H,22,23)/t18-/m0/s1. The smallest absolute Gasteiger partial charge is 0.304 e. The normalized spacial score (nSPS) is 11.9. The van der Waals surface area contributed by atoms with E-state index in [1.807, 2.05) is 55.5 Å². The summed E-state index contributed by atoms with van der Waals surface area (Å²) in [5.74, 6) is 1.04. The van der Waals surface area contributed by atoms with Crippen LogP contribution >= 0.6 is 11.8 Å². The van der Waals surface area contributed by atoms with Crippen molar-refractivity contribution in [3.63, 3.8) is 0 Å². The van der Waals surface area contributed by atoms with Crippen molar-refractivity contribution in [1.29, 1.82) is 0 Å². The fourth-order valence-electron chi connectivity index (χ4n) is 2.50. The maximum absolute atomic E-state index is 10.5. The van der Waals surface area contributed by atoms with Gasteiger partial charge in [-0.2, -0.15) is 11.8 Å². The predicted molar refractivity (Wildman–Crippen MR) is 101 cm³/mol. The van der Waals surface area contributed by atoms with Crippen LogP contribution in [-0.2, 0) is 17.8 Å². The van der Waals surface area contributed by atoms with Gasteiger partial charge in [0.25, 0.3) is 0 Å². The molecule has 2 N–H and O–H groups in total. The summed E-state index contributed by atoms with van der Waals surface area (Å²) in [5.41, 5.74) is 3.11. The minimum atomic E-state index is -0.808. The van der Waals surface area contributed by atoms with E-state index < -0.39 is 12.1 Å². The van der Waals surface area contributed by atoms with Crippen LogP contribution < -0.4 is 4.74 Å². The molecule has 0 radical (unpaired) electrons. The number of aliphatic hydroxyl groups is 1. The van der Waals surface area contributed by atoms with Crippen LogP contribution in [0.4, 0.5) is 0 Å². The molecule has 2 rings (SSSR count). The molecule has 25 heavy (non-hydrogen) atoms. The highest BCUT2D eigenvalue weighted by Gasteiger charge is 2.13. The van der Waals surface area contributed by atoms with E-state index in [0.717, 1.165) is 22.4 Å². The Labute approximate surface area is 152 Å². The number of benzene rings is 2. The van der Waals surface area contributed by atoms with Crippen LogP contribution in [0.1, 0.15) is 23.1 Å². The first-order valence-electron chi connectivity index (χ1n) is 8.29. The van der Waals surface area contributed by atoms with Crippen LogP contribution in [-0.4, -0.2) is 33.8 Å². The highest BCUT2D eigenvalue weighted by Crippen LogP contribution is 2.26. The quantitative estimate of drug-likeness (QED) is 0.633. The molecule has 2 aromatic rings. The van der Waals surface area contributed by atoms with Crippen LogP contribution in [0.5, 0.6) is 5.75 Å². The second kappa shape index (κ2) is 10.1. The number of carbonyl (C=O) groups is 1. The van der Waals surface area contributed by atoms with Crippen molar-refractivity contribution in [2.45, 2.75) is 32.5 Å². The molecule has 0 bridgehead atoms. The molecule has 5 heteroatoms. The summed E-state index contributed by atoms with van der Waals surface area (Å²) in [6, 6.07) is 15.9. The molecule has 0 unspecified atom stereocenters. The SMILES string of the molecule is Cc1cccc(C[C@H](O)CSCCC(=O)O)c1OCc1ccccc1. The largest absolute Gasteiger partial charge is 0.488 e. The second-order valence-electron chi connectivity index (χ2n) is 5.91. The second-order valence-corrected chi connectivity index (χ2v) is 7.06. The first-order valence-corrected chi connectivity index (χ1v) is 9.44. The molecule has 134 valence electrons. The van der Waals surface area contributed by atoms with Crippen LogP contribution in [0, 0.1) is 6.92 Å². The van der Waals surface area contributed by atoms with E-state index in [0.29, 0.717) is 24.5 Å². The topological polar surface area (TPSA) is 66.8 Å². The number of aryl methyl sites for hydroxylation is 1. The maximum atomic E-state index is 10.5. The Morgan fingerprint density at radius 2 is 1.92 bits per heavy atom. The molecule has 0 saturated heterocycles. The zero-order valence-corrected chi connectivity index (χ0v) is 15.2. The third-order valence-electron chi connectivity index (χ3n) is 3.75. The lowest BCUT2D eigenvalue weighted by Crippen LogP contribution is -2.15. The average Bonchev–Trinajstić information content (AvgIpc) is 2.59. The number of para-hydroxylation sites is 1. The molecule has 1 atom stereocenters. The van der Waals surface area contributed by atoms with Gasteiger partial charge in [0, 0.05) is 17.9 Å². The minimum absolute atomic E-state index is 0.118. The Morgan fingerprint density at radius 1 is 1.16 bits per heavy atom. The Hall–Kier alpha value is -1.98. The van der Waals surface area contributed by atoms with E-state index in [2.05, 4.69) is 0 Å². The zero-order valence-electron chi connectivity index (χ0n) is 14.4. The number of aliphatic hydroxyl groups excluding tert-OH is 1. The molecule has 0 fully saturated rings. The monoisotopic (exact) mass is 360 g/mol. The Bertz CT molecular complexity index is 673. The van der Waals surface area contributed by atoms with Crippen molar-refractivity contribution < 1.29 is 19.7 Å². The van der Waals surface area contributed by atoms with Gasteiger partial charge in [-0.05, 0) is 23.6 Å². The first-order chi connectivity index (χ1) is 12.1. The van der Waals surface area contributed by atoms with E-state index in [1.165, 1.54) is 11.8 Å². The zero-order chi connectivity index (χ0) is 18.1. The van der Waals surface area contributed by atoms with Crippen LogP contribution in [0.2, 0.25) is 0 Å². The minimum Gasteiger partial charge on any atom is -0.488 e. The summed E-state index contributed by atoms with van der Waals surface area (Å²) < 4.78 is 6.02. The number of aliphatic carboxylic acids is 1. The highest BCUT2D eigenvalue weighted by molar-refractivity contribution is 7.99. The van der Waals surface area contributed by atoms with Crippen LogP contribution in [0.15, 0.2) is 48.5 Å². The summed E-state index contributed by atoms with van der Waals surface area (Å²) in [5, 5.41) is 18.9. The van der Waals surface area contributed by atoms with Gasteiger partial charge in [0.2, 0.25) is 0 Å². The number of carboxylic acid groups (broad SMARTS) is 1. The van der Waals surface area contributed by atoms with Crippen LogP contribution in [0.3, 0.4) is 0 Å². The lowest BCUT2D eigenvalue weighted by molar-refractivity contribution is -0.136. The predicted octanol–water partition coefficient (Wildman–Crippen LogP) is 3.69. The van der Waals surface area contributed by atoms with Crippen molar-refractivity contribution in [2.75, 3.05) is 11.5 Å². The molecule has 0 aliphatic heterocycles. The molecule has 2 aromatic carbocycles. The third-order valence-corrected chi connectivity index (χ3v) is 4.86. The molecule has 0 heterocycles. The van der Waals surface area contributed by atoms with Crippen molar-refractivity contribution in [2.24, 2.45) is 0 Å². The number of rotatable bonds is 10. The van der Waals surface area contributed by atoms with E-state index >= 15 is 0 Å². The van der Waals surface area contributed by atoms with E-state index in [9.17, 15) is 9.90 Å². The van der Waals surface area contributed by atoms with E-state index in [-0.39, 0.29) is 6.42 Å². The molecular formula is C20H24O4S.